The van der Waals surface area contributed by atoms with Crippen LogP contribution in [0.2, 0.25) is 0 Å². The molecule has 0 unspecified atom stereocenters. The van der Waals surface area contributed by atoms with Crippen LogP contribution in [0.15, 0.2) is 70.0 Å². The standard InChI is InChI=1S/C15H12N4O3S/c16-23(21,22)11-3-1-10(2-4-11)18-19-14-5-6-15(20)13-9-17-8-7-12(13)14/h1-9,20H,(H2,16,21,22). The Morgan fingerprint density at radius 3 is 2.39 bits per heavy atom. The Bertz CT molecular complexity index is 999. The van der Waals surface area contributed by atoms with Crippen LogP contribution in [0.3, 0.4) is 0 Å². The molecule has 1 aromatic heterocycles. The van der Waals surface area contributed by atoms with Crippen LogP contribution < -0.4 is 5.14 Å². The van der Waals surface area contributed by atoms with Crippen molar-refractivity contribution >= 4 is 32.2 Å². The van der Waals surface area contributed by atoms with Gasteiger partial charge in [-0.1, -0.05) is 0 Å². The molecule has 7 nitrogen and oxygen atoms in total. The SMILES string of the molecule is NS(=O)(=O)c1ccc(N=Nc2ccc(O)c3cnccc23)cc1. The van der Waals surface area contributed by atoms with Crippen LogP contribution in [0.4, 0.5) is 11.4 Å². The average Bonchev–Trinajstić information content (AvgIpc) is 2.54. The minimum Gasteiger partial charge on any atom is -0.507 e. The minimum atomic E-state index is -3.73. The first-order valence-corrected chi connectivity index (χ1v) is 8.10. The lowest BCUT2D eigenvalue weighted by Crippen LogP contribution is -2.11. The summed E-state index contributed by atoms with van der Waals surface area (Å²) in [7, 11) is -3.73. The maximum atomic E-state index is 11.2. The second kappa shape index (κ2) is 5.75. The third-order valence-electron chi connectivity index (χ3n) is 3.21. The summed E-state index contributed by atoms with van der Waals surface area (Å²) in [6.45, 7) is 0. The number of nitrogens with zero attached hydrogens (tertiary/aromatic N) is 3. The summed E-state index contributed by atoms with van der Waals surface area (Å²) in [5.41, 5.74) is 1.04. The number of hydrogen-bond donors (Lipinski definition) is 2. The Labute approximate surface area is 132 Å². The van der Waals surface area contributed by atoms with Crippen molar-refractivity contribution in [2.24, 2.45) is 15.4 Å². The molecule has 0 atom stereocenters. The van der Waals surface area contributed by atoms with Gasteiger partial charge >= 0.3 is 0 Å². The molecule has 2 aromatic carbocycles. The lowest BCUT2D eigenvalue weighted by atomic mass is 10.1. The van der Waals surface area contributed by atoms with Crippen molar-refractivity contribution in [2.75, 3.05) is 0 Å². The molecule has 0 saturated carbocycles. The van der Waals surface area contributed by atoms with Gasteiger partial charge in [0.2, 0.25) is 10.0 Å². The first kappa shape index (κ1) is 15.1. The summed E-state index contributed by atoms with van der Waals surface area (Å²) >= 11 is 0. The molecule has 0 amide bonds. The molecule has 23 heavy (non-hydrogen) atoms. The molecule has 3 N–H and O–H groups in total. The van der Waals surface area contributed by atoms with Crippen LogP contribution in [0.25, 0.3) is 10.8 Å². The number of azo groups is 1. The maximum Gasteiger partial charge on any atom is 0.238 e. The van der Waals surface area contributed by atoms with E-state index in [1.54, 1.807) is 24.5 Å². The number of benzene rings is 2. The number of phenols is 1. The first-order chi connectivity index (χ1) is 10.9. The molecule has 0 spiro atoms. The van der Waals surface area contributed by atoms with Gasteiger partial charge in [0.05, 0.1) is 16.3 Å². The van der Waals surface area contributed by atoms with Crippen molar-refractivity contribution in [1.29, 1.82) is 0 Å². The monoisotopic (exact) mass is 328 g/mol. The molecule has 0 radical (unpaired) electrons. The highest BCUT2D eigenvalue weighted by atomic mass is 32.2. The molecular weight excluding hydrogens is 316 g/mol. The molecule has 1 heterocycles. The number of rotatable bonds is 3. The first-order valence-electron chi connectivity index (χ1n) is 6.55. The Kier molecular flexibility index (Phi) is 3.77. The van der Waals surface area contributed by atoms with Crippen LogP contribution >= 0.6 is 0 Å². The quantitative estimate of drug-likeness (QED) is 0.718. The Hall–Kier alpha value is -2.84. The van der Waals surface area contributed by atoms with Crippen LogP contribution in [0.5, 0.6) is 5.75 Å². The number of fused-ring (bicyclic) bond motifs is 1. The highest BCUT2D eigenvalue weighted by Gasteiger charge is 2.07. The van der Waals surface area contributed by atoms with Gasteiger partial charge in [0, 0.05) is 23.2 Å². The highest BCUT2D eigenvalue weighted by molar-refractivity contribution is 7.89. The van der Waals surface area contributed by atoms with E-state index in [0.717, 1.165) is 0 Å². The molecule has 0 aliphatic heterocycles. The summed E-state index contributed by atoms with van der Waals surface area (Å²) in [4.78, 5) is 3.98. The van der Waals surface area contributed by atoms with Crippen LogP contribution in [-0.4, -0.2) is 18.5 Å². The number of aromatic nitrogens is 1. The van der Waals surface area contributed by atoms with Crippen LogP contribution in [0, 0.1) is 0 Å². The van der Waals surface area contributed by atoms with Crippen molar-refractivity contribution in [1.82, 2.24) is 4.98 Å². The second-order valence-corrected chi connectivity index (χ2v) is 6.33. The Morgan fingerprint density at radius 2 is 1.70 bits per heavy atom. The number of sulfonamides is 1. The molecule has 0 aliphatic carbocycles. The van der Waals surface area contributed by atoms with Gasteiger partial charge in [-0.25, -0.2) is 13.6 Å². The predicted octanol–water partition coefficient (Wildman–Crippen LogP) is 3.00. The van der Waals surface area contributed by atoms with E-state index in [9.17, 15) is 13.5 Å². The number of primary sulfonamides is 1. The summed E-state index contributed by atoms with van der Waals surface area (Å²) in [5.74, 6) is 0.115. The van der Waals surface area contributed by atoms with Gasteiger partial charge in [-0.05, 0) is 42.5 Å². The average molecular weight is 328 g/mol. The van der Waals surface area contributed by atoms with Gasteiger partial charge in [0.1, 0.15) is 5.75 Å². The van der Waals surface area contributed by atoms with E-state index in [0.29, 0.717) is 22.1 Å². The van der Waals surface area contributed by atoms with Crippen molar-refractivity contribution in [3.8, 4) is 5.75 Å². The Balaban J connectivity index is 1.96. The van der Waals surface area contributed by atoms with Gasteiger partial charge in [-0.2, -0.15) is 5.11 Å². The highest BCUT2D eigenvalue weighted by Crippen LogP contribution is 2.32. The van der Waals surface area contributed by atoms with Gasteiger partial charge in [-0.15, -0.1) is 5.11 Å². The number of pyridine rings is 1. The van der Waals surface area contributed by atoms with E-state index in [1.165, 1.54) is 30.3 Å². The summed E-state index contributed by atoms with van der Waals surface area (Å²) in [5, 5.41) is 24.3. The Morgan fingerprint density at radius 1 is 0.957 bits per heavy atom. The molecule has 116 valence electrons. The second-order valence-electron chi connectivity index (χ2n) is 4.76. The number of aromatic hydroxyl groups is 1. The fourth-order valence-electron chi connectivity index (χ4n) is 2.06. The molecule has 0 fully saturated rings. The van der Waals surface area contributed by atoms with Crippen molar-refractivity contribution in [3.05, 3.63) is 54.9 Å². The molecule has 3 rings (SSSR count). The van der Waals surface area contributed by atoms with E-state index >= 15 is 0 Å². The maximum absolute atomic E-state index is 11.2. The molecular formula is C15H12N4O3S. The van der Waals surface area contributed by atoms with Gasteiger partial charge in [0.25, 0.3) is 0 Å². The summed E-state index contributed by atoms with van der Waals surface area (Å²) in [6, 6.07) is 10.6. The third-order valence-corrected chi connectivity index (χ3v) is 4.14. The molecule has 3 aromatic rings. The zero-order valence-electron chi connectivity index (χ0n) is 11.8. The van der Waals surface area contributed by atoms with Crippen LogP contribution in [0.1, 0.15) is 0 Å². The fraction of sp³-hybridized carbons (Fsp3) is 0. The van der Waals surface area contributed by atoms with Gasteiger partial charge < -0.3 is 5.11 Å². The number of hydrogen-bond acceptors (Lipinski definition) is 6. The fourth-order valence-corrected chi connectivity index (χ4v) is 2.58. The number of phenolic OH excluding ortho intramolecular Hbond substituents is 1. The lowest BCUT2D eigenvalue weighted by Gasteiger charge is -2.03. The lowest BCUT2D eigenvalue weighted by molar-refractivity contribution is 0.481. The summed E-state index contributed by atoms with van der Waals surface area (Å²) in [6.07, 6.45) is 3.15. The van der Waals surface area contributed by atoms with Gasteiger partial charge in [-0.3, -0.25) is 4.98 Å². The normalized spacial score (nSPS) is 12.0. The largest absolute Gasteiger partial charge is 0.507 e. The predicted molar refractivity (Wildman–Crippen MR) is 85.4 cm³/mol. The van der Waals surface area contributed by atoms with Crippen molar-refractivity contribution < 1.29 is 13.5 Å². The van der Waals surface area contributed by atoms with E-state index in [-0.39, 0.29) is 10.6 Å². The zero-order valence-corrected chi connectivity index (χ0v) is 12.6. The van der Waals surface area contributed by atoms with E-state index in [1.807, 2.05) is 0 Å². The molecule has 0 aliphatic rings. The van der Waals surface area contributed by atoms with E-state index in [4.69, 9.17) is 5.14 Å². The molecule has 0 saturated heterocycles. The van der Waals surface area contributed by atoms with Crippen LogP contribution in [-0.2, 0) is 10.0 Å². The smallest absolute Gasteiger partial charge is 0.238 e. The van der Waals surface area contributed by atoms with Crippen molar-refractivity contribution in [3.63, 3.8) is 0 Å². The van der Waals surface area contributed by atoms with E-state index in [2.05, 4.69) is 15.2 Å². The summed E-state index contributed by atoms with van der Waals surface area (Å²) < 4.78 is 22.4. The minimum absolute atomic E-state index is 0.0117. The van der Waals surface area contributed by atoms with Crippen molar-refractivity contribution in [2.45, 2.75) is 4.90 Å². The number of nitrogens with two attached hydrogens (primary N) is 1. The van der Waals surface area contributed by atoms with Gasteiger partial charge in [0.15, 0.2) is 0 Å². The topological polar surface area (TPSA) is 118 Å². The molecule has 8 heteroatoms. The van der Waals surface area contributed by atoms with E-state index < -0.39 is 10.0 Å². The zero-order chi connectivity index (χ0) is 16.4. The third kappa shape index (κ3) is 3.17. The molecule has 0 bridgehead atoms.